The Bertz CT molecular complexity index is 690. The molecule has 3 aliphatic rings. The molecular weight excluding hydrogens is 366 g/mol. The van der Waals surface area contributed by atoms with Gasteiger partial charge in [0.05, 0.1) is 18.8 Å². The van der Waals surface area contributed by atoms with Crippen molar-refractivity contribution in [2.45, 2.75) is 50.7 Å². The maximum Gasteiger partial charge on any atom is 0.225 e. The van der Waals surface area contributed by atoms with Gasteiger partial charge in [0.25, 0.3) is 0 Å². The molecule has 4 rings (SSSR count). The van der Waals surface area contributed by atoms with E-state index in [0.717, 1.165) is 44.6 Å². The average Bonchev–Trinajstić information content (AvgIpc) is 3.26. The number of nitrogens with zero attached hydrogens (tertiary/aromatic N) is 3. The molecule has 3 heterocycles. The van der Waals surface area contributed by atoms with Crippen molar-refractivity contribution < 1.29 is 14.3 Å². The van der Waals surface area contributed by atoms with Crippen LogP contribution < -0.4 is 0 Å². The number of carbonyl (C=O) groups excluding carboxylic acids is 2. The van der Waals surface area contributed by atoms with Crippen molar-refractivity contribution in [1.82, 2.24) is 14.7 Å². The van der Waals surface area contributed by atoms with Crippen LogP contribution >= 0.6 is 0 Å². The van der Waals surface area contributed by atoms with Crippen LogP contribution in [0.3, 0.4) is 0 Å². The van der Waals surface area contributed by atoms with Crippen LogP contribution in [0.25, 0.3) is 0 Å². The Kier molecular flexibility index (Phi) is 6.82. The highest BCUT2D eigenvalue weighted by Gasteiger charge is 2.37. The lowest BCUT2D eigenvalue weighted by Gasteiger charge is -2.43. The summed E-state index contributed by atoms with van der Waals surface area (Å²) in [4.78, 5) is 31.7. The van der Waals surface area contributed by atoms with Gasteiger partial charge >= 0.3 is 0 Å². The van der Waals surface area contributed by atoms with Crippen molar-refractivity contribution in [1.29, 1.82) is 0 Å². The zero-order valence-corrected chi connectivity index (χ0v) is 17.3. The lowest BCUT2D eigenvalue weighted by molar-refractivity contribution is -0.149. The quantitative estimate of drug-likeness (QED) is 0.737. The van der Waals surface area contributed by atoms with Gasteiger partial charge in [-0.15, -0.1) is 0 Å². The zero-order chi connectivity index (χ0) is 20.1. The Balaban J connectivity index is 1.46. The SMILES string of the molecule is O=C1CCCCN1CCC(=O)N1CCO[C@@H](CN2CCCC2)[C@@H]1c1ccccc1. The first-order chi connectivity index (χ1) is 14.2. The van der Waals surface area contributed by atoms with Gasteiger partial charge in [-0.2, -0.15) is 0 Å². The summed E-state index contributed by atoms with van der Waals surface area (Å²) in [6.07, 6.45) is 5.51. The van der Waals surface area contributed by atoms with Gasteiger partial charge in [-0.25, -0.2) is 0 Å². The van der Waals surface area contributed by atoms with E-state index in [1.165, 1.54) is 12.8 Å². The van der Waals surface area contributed by atoms with Crippen LogP contribution in [0.4, 0.5) is 0 Å². The van der Waals surface area contributed by atoms with Gasteiger partial charge in [0.1, 0.15) is 0 Å². The van der Waals surface area contributed by atoms with Crippen molar-refractivity contribution in [3.8, 4) is 0 Å². The summed E-state index contributed by atoms with van der Waals surface area (Å²) in [6.45, 7) is 5.62. The summed E-state index contributed by atoms with van der Waals surface area (Å²) >= 11 is 0. The molecule has 0 N–H and O–H groups in total. The molecule has 0 unspecified atom stereocenters. The standard InChI is InChI=1S/C23H33N3O3/c27-21-10-4-5-14-25(21)15-11-22(28)26-16-17-29-20(18-24-12-6-7-13-24)23(26)19-8-2-1-3-9-19/h1-3,8-9,20,23H,4-7,10-18H2/t20-,23-/m0/s1. The highest BCUT2D eigenvalue weighted by molar-refractivity contribution is 5.80. The summed E-state index contributed by atoms with van der Waals surface area (Å²) in [5.74, 6) is 0.324. The molecule has 29 heavy (non-hydrogen) atoms. The minimum absolute atomic E-state index is 0.00943. The summed E-state index contributed by atoms with van der Waals surface area (Å²) < 4.78 is 6.20. The van der Waals surface area contributed by atoms with Crippen LogP contribution in [0.15, 0.2) is 30.3 Å². The van der Waals surface area contributed by atoms with Gasteiger partial charge in [0.15, 0.2) is 0 Å². The first kappa shape index (κ1) is 20.4. The highest BCUT2D eigenvalue weighted by atomic mass is 16.5. The van der Waals surface area contributed by atoms with E-state index in [9.17, 15) is 9.59 Å². The van der Waals surface area contributed by atoms with Crippen molar-refractivity contribution in [2.75, 3.05) is 45.9 Å². The number of piperidine rings is 1. The lowest BCUT2D eigenvalue weighted by atomic mass is 9.97. The molecule has 0 aromatic heterocycles. The molecule has 0 aliphatic carbocycles. The number of rotatable bonds is 6. The number of benzene rings is 1. The Morgan fingerprint density at radius 1 is 1.00 bits per heavy atom. The van der Waals surface area contributed by atoms with Crippen LogP contribution in [-0.2, 0) is 14.3 Å². The molecule has 1 aromatic carbocycles. The third-order valence-corrected chi connectivity index (χ3v) is 6.47. The van der Waals surface area contributed by atoms with Crippen LogP contribution in [0.2, 0.25) is 0 Å². The molecular formula is C23H33N3O3. The minimum atomic E-state index is -0.0601. The van der Waals surface area contributed by atoms with E-state index < -0.39 is 0 Å². The number of ether oxygens (including phenoxy) is 1. The van der Waals surface area contributed by atoms with Gasteiger partial charge in [0, 0.05) is 39.0 Å². The van der Waals surface area contributed by atoms with E-state index in [4.69, 9.17) is 4.74 Å². The van der Waals surface area contributed by atoms with E-state index in [2.05, 4.69) is 17.0 Å². The average molecular weight is 400 g/mol. The van der Waals surface area contributed by atoms with Gasteiger partial charge in [0.2, 0.25) is 11.8 Å². The van der Waals surface area contributed by atoms with Crippen LogP contribution in [0.1, 0.15) is 50.1 Å². The maximum absolute atomic E-state index is 13.2. The number of carbonyl (C=O) groups is 2. The number of amides is 2. The Morgan fingerprint density at radius 3 is 2.52 bits per heavy atom. The fourth-order valence-electron chi connectivity index (χ4n) is 4.90. The first-order valence-electron chi connectivity index (χ1n) is 11.2. The topological polar surface area (TPSA) is 53.1 Å². The van der Waals surface area contributed by atoms with E-state index in [0.29, 0.717) is 32.5 Å². The van der Waals surface area contributed by atoms with Crippen molar-refractivity contribution in [3.63, 3.8) is 0 Å². The normalized spacial score (nSPS) is 26.1. The first-order valence-corrected chi connectivity index (χ1v) is 11.2. The highest BCUT2D eigenvalue weighted by Crippen LogP contribution is 2.31. The van der Waals surface area contributed by atoms with E-state index in [1.54, 1.807) is 0 Å². The molecule has 1 aromatic rings. The molecule has 6 nitrogen and oxygen atoms in total. The molecule has 2 amide bonds. The molecule has 3 saturated heterocycles. The van der Waals surface area contributed by atoms with E-state index in [1.807, 2.05) is 28.0 Å². The van der Waals surface area contributed by atoms with Crippen LogP contribution in [0, 0.1) is 0 Å². The summed E-state index contributed by atoms with van der Waals surface area (Å²) in [6, 6.07) is 10.2. The molecule has 6 heteroatoms. The van der Waals surface area contributed by atoms with E-state index in [-0.39, 0.29) is 24.0 Å². The summed E-state index contributed by atoms with van der Waals surface area (Å²) in [5, 5.41) is 0. The second kappa shape index (κ2) is 9.72. The molecule has 0 spiro atoms. The maximum atomic E-state index is 13.2. The molecule has 0 bridgehead atoms. The molecule has 0 saturated carbocycles. The third kappa shape index (κ3) is 4.98. The predicted molar refractivity (Wildman–Crippen MR) is 111 cm³/mol. The number of hydrogen-bond acceptors (Lipinski definition) is 4. The Morgan fingerprint density at radius 2 is 1.76 bits per heavy atom. The molecule has 3 aliphatic heterocycles. The van der Waals surface area contributed by atoms with Crippen molar-refractivity contribution in [2.24, 2.45) is 0 Å². The fourth-order valence-corrected chi connectivity index (χ4v) is 4.90. The minimum Gasteiger partial charge on any atom is -0.373 e. The Hall–Kier alpha value is -1.92. The zero-order valence-electron chi connectivity index (χ0n) is 17.3. The van der Waals surface area contributed by atoms with Gasteiger partial charge in [-0.1, -0.05) is 30.3 Å². The number of hydrogen-bond donors (Lipinski definition) is 0. The summed E-state index contributed by atoms with van der Waals surface area (Å²) in [7, 11) is 0. The van der Waals surface area contributed by atoms with Gasteiger partial charge < -0.3 is 19.4 Å². The van der Waals surface area contributed by atoms with E-state index >= 15 is 0 Å². The van der Waals surface area contributed by atoms with Crippen LogP contribution in [-0.4, -0.2) is 78.5 Å². The smallest absolute Gasteiger partial charge is 0.225 e. The molecule has 3 fully saturated rings. The predicted octanol–water partition coefficient (Wildman–Crippen LogP) is 2.45. The van der Waals surface area contributed by atoms with Crippen molar-refractivity contribution >= 4 is 11.8 Å². The third-order valence-electron chi connectivity index (χ3n) is 6.47. The second-order valence-corrected chi connectivity index (χ2v) is 8.45. The van der Waals surface area contributed by atoms with Gasteiger partial charge in [-0.3, -0.25) is 9.59 Å². The number of likely N-dealkylation sites (tertiary alicyclic amines) is 2. The Labute approximate surface area is 173 Å². The second-order valence-electron chi connectivity index (χ2n) is 8.45. The van der Waals surface area contributed by atoms with Gasteiger partial charge in [-0.05, 0) is 44.3 Å². The largest absolute Gasteiger partial charge is 0.373 e. The molecule has 2 atom stereocenters. The fraction of sp³-hybridized carbons (Fsp3) is 0.652. The molecule has 0 radical (unpaired) electrons. The lowest BCUT2D eigenvalue weighted by Crippen LogP contribution is -2.52. The van der Waals surface area contributed by atoms with Crippen LogP contribution in [0.5, 0.6) is 0 Å². The monoisotopic (exact) mass is 399 g/mol. The molecule has 158 valence electrons. The summed E-state index contributed by atoms with van der Waals surface area (Å²) in [5.41, 5.74) is 1.14. The number of morpholine rings is 1. The van der Waals surface area contributed by atoms with Crippen molar-refractivity contribution in [3.05, 3.63) is 35.9 Å².